The summed E-state index contributed by atoms with van der Waals surface area (Å²) in [7, 11) is -4.09. The van der Waals surface area contributed by atoms with Gasteiger partial charge in [0.15, 0.2) is 0 Å². The van der Waals surface area contributed by atoms with Gasteiger partial charge in [-0.15, -0.1) is 0 Å². The van der Waals surface area contributed by atoms with Gasteiger partial charge in [-0.2, -0.15) is 4.72 Å². The van der Waals surface area contributed by atoms with Crippen LogP contribution in [0, 0.1) is 27.2 Å². The van der Waals surface area contributed by atoms with Crippen LogP contribution in [-0.4, -0.2) is 22.7 Å². The third-order valence-electron chi connectivity index (χ3n) is 3.93. The van der Waals surface area contributed by atoms with Gasteiger partial charge in [-0.25, -0.2) is 8.42 Å². The average Bonchev–Trinajstić information content (AvgIpc) is 2.60. The lowest BCUT2D eigenvalue weighted by molar-refractivity contribution is -0.536. The zero-order valence-corrected chi connectivity index (χ0v) is 16.7. The lowest BCUT2D eigenvalue weighted by Crippen LogP contribution is -2.45. The molecule has 0 saturated heterocycles. The maximum atomic E-state index is 12.7. The second kappa shape index (κ2) is 7.71. The molecule has 0 amide bonds. The molecule has 0 radical (unpaired) electrons. The summed E-state index contributed by atoms with van der Waals surface area (Å²) in [4.78, 5) is 21.0. The van der Waals surface area contributed by atoms with E-state index in [9.17, 15) is 28.6 Å². The quantitative estimate of drug-likeness (QED) is 0.293. The van der Waals surface area contributed by atoms with E-state index in [-0.39, 0.29) is 16.1 Å². The van der Waals surface area contributed by atoms with Crippen LogP contribution in [0.15, 0.2) is 53.4 Å². The number of halogens is 1. The van der Waals surface area contributed by atoms with E-state index < -0.39 is 30.4 Å². The predicted molar refractivity (Wildman–Crippen MR) is 102 cm³/mol. The van der Waals surface area contributed by atoms with Gasteiger partial charge in [0.25, 0.3) is 10.1 Å². The number of nitro groups is 2. The molecule has 9 nitrogen and oxygen atoms in total. The summed E-state index contributed by atoms with van der Waals surface area (Å²) in [5.74, 6) is 0. The van der Waals surface area contributed by atoms with E-state index in [0.717, 1.165) is 17.7 Å². The van der Waals surface area contributed by atoms with Crippen LogP contribution < -0.4 is 4.72 Å². The summed E-state index contributed by atoms with van der Waals surface area (Å²) in [5, 5.41) is 22.3. The number of benzene rings is 2. The molecule has 0 fully saturated rings. The van der Waals surface area contributed by atoms with Crippen LogP contribution >= 0.6 is 15.9 Å². The number of non-ortho nitro benzene ring substituents is 1. The van der Waals surface area contributed by atoms with Crippen molar-refractivity contribution in [3.05, 3.63) is 79.9 Å². The summed E-state index contributed by atoms with van der Waals surface area (Å²) in [6, 6.07) is 9.56. The Morgan fingerprint density at radius 2 is 1.56 bits per heavy atom. The Balaban J connectivity index is 2.48. The van der Waals surface area contributed by atoms with Gasteiger partial charge in [0.2, 0.25) is 10.0 Å². The van der Waals surface area contributed by atoms with Crippen molar-refractivity contribution in [3.63, 3.8) is 0 Å². The number of nitrogens with one attached hydrogen (secondary N) is 1. The summed E-state index contributed by atoms with van der Waals surface area (Å²) in [6.45, 7) is 3.00. The Morgan fingerprint density at radius 3 is 2.00 bits per heavy atom. The third-order valence-corrected chi connectivity index (χ3v) is 6.11. The van der Waals surface area contributed by atoms with Gasteiger partial charge in [-0.05, 0) is 24.6 Å². The van der Waals surface area contributed by atoms with Crippen molar-refractivity contribution in [3.8, 4) is 0 Å². The normalized spacial score (nSPS) is 14.9. The van der Waals surface area contributed by atoms with Gasteiger partial charge < -0.3 is 0 Å². The molecule has 0 aliphatic carbocycles. The Hall–Kier alpha value is -2.37. The van der Waals surface area contributed by atoms with E-state index in [1.807, 2.05) is 0 Å². The molecule has 11 heteroatoms. The summed E-state index contributed by atoms with van der Waals surface area (Å²) in [6.07, 6.45) is 0. The molecule has 144 valence electrons. The molecule has 27 heavy (non-hydrogen) atoms. The second-order valence-electron chi connectivity index (χ2n) is 6.00. The molecule has 0 unspecified atom stereocenters. The van der Waals surface area contributed by atoms with Crippen molar-refractivity contribution < 1.29 is 18.3 Å². The Bertz CT molecular complexity index is 959. The Kier molecular flexibility index (Phi) is 5.97. The number of nitro benzene ring substituents is 1. The summed E-state index contributed by atoms with van der Waals surface area (Å²) in [5.41, 5.74) is 0.847. The van der Waals surface area contributed by atoms with E-state index in [0.29, 0.717) is 0 Å². The van der Waals surface area contributed by atoms with E-state index >= 15 is 0 Å². The summed E-state index contributed by atoms with van der Waals surface area (Å²) >= 11 is 2.97. The van der Waals surface area contributed by atoms with Gasteiger partial charge in [0, 0.05) is 39.9 Å². The van der Waals surface area contributed by atoms with Crippen LogP contribution in [0.2, 0.25) is 0 Å². The molecule has 0 aromatic heterocycles. The number of aryl methyl sites for hydroxylation is 1. The van der Waals surface area contributed by atoms with E-state index in [2.05, 4.69) is 20.7 Å². The molecule has 2 aromatic carbocycles. The number of nitrogens with zero attached hydrogens (tertiary/aromatic N) is 2. The van der Waals surface area contributed by atoms with Crippen molar-refractivity contribution in [2.75, 3.05) is 0 Å². The summed E-state index contributed by atoms with van der Waals surface area (Å²) < 4.78 is 25.9. The van der Waals surface area contributed by atoms with E-state index in [1.165, 1.54) is 31.2 Å². The molecule has 0 bridgehead atoms. The molecule has 0 saturated carbocycles. The zero-order valence-electron chi connectivity index (χ0n) is 14.3. The maximum absolute atomic E-state index is 12.7. The minimum absolute atomic E-state index is 0.0494. The van der Waals surface area contributed by atoms with Gasteiger partial charge >= 0.3 is 0 Å². The highest BCUT2D eigenvalue weighted by Gasteiger charge is 2.46. The van der Waals surface area contributed by atoms with Crippen molar-refractivity contribution in [1.82, 2.24) is 4.72 Å². The van der Waals surface area contributed by atoms with E-state index in [4.69, 9.17) is 0 Å². The van der Waals surface area contributed by atoms with Crippen LogP contribution in [0.1, 0.15) is 24.1 Å². The van der Waals surface area contributed by atoms with Crippen molar-refractivity contribution in [1.29, 1.82) is 0 Å². The number of rotatable bonds is 7. The van der Waals surface area contributed by atoms with Gasteiger partial charge in [-0.3, -0.25) is 20.2 Å². The predicted octanol–water partition coefficient (Wildman–Crippen LogP) is 3.31. The third kappa shape index (κ3) is 4.67. The number of hydrogen-bond donors (Lipinski definition) is 1. The van der Waals surface area contributed by atoms with Gasteiger partial charge in [0.05, 0.1) is 9.82 Å². The largest absolute Gasteiger partial charge is 0.291 e. The topological polar surface area (TPSA) is 132 Å². The lowest BCUT2D eigenvalue weighted by atomic mass is 10.0. The standard InChI is InChI=1S/C16H16BrN3O6S/c1-11-3-9-14(10-4-11)27(25,26)18-15(16(2,17)20(23)24)12-5-7-13(8-6-12)19(21)22/h3-10,15,18H,1-2H3/t15-,16+/m0/s1. The smallest absolute Gasteiger partial charge is 0.263 e. The monoisotopic (exact) mass is 457 g/mol. The maximum Gasteiger partial charge on any atom is 0.291 e. The zero-order chi connectivity index (χ0) is 20.4. The first kappa shape index (κ1) is 20.9. The van der Waals surface area contributed by atoms with Crippen molar-refractivity contribution in [2.24, 2.45) is 0 Å². The first-order valence-corrected chi connectivity index (χ1v) is 9.89. The van der Waals surface area contributed by atoms with Crippen LogP contribution in [0.5, 0.6) is 0 Å². The molecular weight excluding hydrogens is 442 g/mol. The lowest BCUT2D eigenvalue weighted by Gasteiger charge is -2.26. The number of sulfonamides is 1. The van der Waals surface area contributed by atoms with Crippen LogP contribution in [0.25, 0.3) is 0 Å². The first-order valence-electron chi connectivity index (χ1n) is 7.62. The second-order valence-corrected chi connectivity index (χ2v) is 9.32. The highest BCUT2D eigenvalue weighted by atomic mass is 79.9. The van der Waals surface area contributed by atoms with Crippen molar-refractivity contribution in [2.45, 2.75) is 29.2 Å². The van der Waals surface area contributed by atoms with Crippen LogP contribution in [0.4, 0.5) is 5.69 Å². The minimum atomic E-state index is -4.09. The minimum Gasteiger partial charge on any atom is -0.263 e. The van der Waals surface area contributed by atoms with Gasteiger partial charge in [0.1, 0.15) is 6.04 Å². The fourth-order valence-corrected chi connectivity index (χ4v) is 4.15. The van der Waals surface area contributed by atoms with Crippen molar-refractivity contribution >= 4 is 31.6 Å². The highest BCUT2D eigenvalue weighted by molar-refractivity contribution is 9.10. The molecule has 0 aliphatic rings. The molecule has 2 aromatic rings. The number of alkyl halides is 1. The fraction of sp³-hybridized carbons (Fsp3) is 0.250. The highest BCUT2D eigenvalue weighted by Crippen LogP contribution is 2.36. The van der Waals surface area contributed by atoms with E-state index in [1.54, 1.807) is 19.1 Å². The average molecular weight is 458 g/mol. The fourth-order valence-electron chi connectivity index (χ4n) is 2.31. The van der Waals surface area contributed by atoms with Crippen LogP contribution in [-0.2, 0) is 10.0 Å². The molecule has 0 spiro atoms. The van der Waals surface area contributed by atoms with Crippen LogP contribution in [0.3, 0.4) is 0 Å². The SMILES string of the molecule is Cc1ccc(S(=O)(=O)N[C@@H](c2ccc([N+](=O)[O-])cc2)[C@](C)(Br)[N+](=O)[O-])cc1. The molecule has 1 N–H and O–H groups in total. The first-order chi connectivity index (χ1) is 12.4. The molecule has 2 atom stereocenters. The molecule has 2 rings (SSSR count). The molecular formula is C16H16BrN3O6S. The molecule has 0 aliphatic heterocycles. The Labute approximate surface area is 163 Å². The number of hydrogen-bond acceptors (Lipinski definition) is 6. The molecule has 0 heterocycles. The van der Waals surface area contributed by atoms with Gasteiger partial charge in [-0.1, -0.05) is 29.8 Å². The Morgan fingerprint density at radius 1 is 1.04 bits per heavy atom.